The Morgan fingerprint density at radius 1 is 1.25 bits per heavy atom. The van der Waals surface area contributed by atoms with E-state index in [0.717, 1.165) is 23.1 Å². The van der Waals surface area contributed by atoms with Crippen LogP contribution in [0.1, 0.15) is 18.4 Å². The summed E-state index contributed by atoms with van der Waals surface area (Å²) in [5, 5.41) is 8.92. The fourth-order valence-corrected chi connectivity index (χ4v) is 2.68. The first kappa shape index (κ1) is 18.2. The maximum atomic E-state index is 13.5. The molecule has 1 fully saturated rings. The SMILES string of the molecule is O=C(CCc1cc(F)ccc1F)N1CCC(C(=O)O)(C(F)(F)F)C1. The third kappa shape index (κ3) is 3.34. The number of carbonyl (C=O) groups is 2. The van der Waals surface area contributed by atoms with E-state index in [-0.39, 0.29) is 24.9 Å². The van der Waals surface area contributed by atoms with Gasteiger partial charge in [-0.3, -0.25) is 9.59 Å². The van der Waals surface area contributed by atoms with Gasteiger partial charge < -0.3 is 10.0 Å². The summed E-state index contributed by atoms with van der Waals surface area (Å²) < 4.78 is 65.6. The van der Waals surface area contributed by atoms with Crippen molar-refractivity contribution in [3.05, 3.63) is 35.4 Å². The standard InChI is InChI=1S/C15H14F5NO3/c16-10-2-3-11(17)9(7-10)1-4-12(22)21-6-5-14(8-21,13(23)24)15(18,19)20/h2-3,7H,1,4-6,8H2,(H,23,24). The molecule has 4 nitrogen and oxygen atoms in total. The molecule has 0 spiro atoms. The maximum Gasteiger partial charge on any atom is 0.406 e. The van der Waals surface area contributed by atoms with Crippen molar-refractivity contribution in [1.82, 2.24) is 4.90 Å². The Kier molecular flexibility index (Phi) is 4.82. The summed E-state index contributed by atoms with van der Waals surface area (Å²) in [6, 6.07) is 2.71. The lowest BCUT2D eigenvalue weighted by molar-refractivity contribution is -0.227. The van der Waals surface area contributed by atoms with E-state index < -0.39 is 48.1 Å². The lowest BCUT2D eigenvalue weighted by Gasteiger charge is -2.27. The van der Waals surface area contributed by atoms with Crippen LogP contribution in [0.15, 0.2) is 18.2 Å². The van der Waals surface area contributed by atoms with E-state index in [2.05, 4.69) is 0 Å². The number of rotatable bonds is 4. The van der Waals surface area contributed by atoms with Crippen molar-refractivity contribution in [3.63, 3.8) is 0 Å². The molecular formula is C15H14F5NO3. The van der Waals surface area contributed by atoms with E-state index in [1.807, 2.05) is 0 Å². The second-order valence-electron chi connectivity index (χ2n) is 5.69. The van der Waals surface area contributed by atoms with Gasteiger partial charge in [0, 0.05) is 19.5 Å². The predicted molar refractivity (Wildman–Crippen MR) is 72.0 cm³/mol. The highest BCUT2D eigenvalue weighted by Crippen LogP contribution is 2.45. The second kappa shape index (κ2) is 6.37. The molecule has 2 rings (SSSR count). The molecule has 0 saturated carbocycles. The molecule has 1 aliphatic heterocycles. The molecule has 1 aromatic rings. The summed E-state index contributed by atoms with van der Waals surface area (Å²) in [7, 11) is 0. The molecule has 1 amide bonds. The molecule has 9 heteroatoms. The highest BCUT2D eigenvalue weighted by Gasteiger charge is 2.64. The zero-order valence-electron chi connectivity index (χ0n) is 12.4. The smallest absolute Gasteiger partial charge is 0.406 e. The number of aliphatic carboxylic acids is 1. The van der Waals surface area contributed by atoms with E-state index in [9.17, 15) is 31.5 Å². The maximum absolute atomic E-state index is 13.5. The van der Waals surface area contributed by atoms with E-state index >= 15 is 0 Å². The molecule has 1 N–H and O–H groups in total. The van der Waals surface area contributed by atoms with Crippen molar-refractivity contribution in [3.8, 4) is 0 Å². The first-order chi connectivity index (χ1) is 11.1. The first-order valence-electron chi connectivity index (χ1n) is 7.09. The van der Waals surface area contributed by atoms with Gasteiger partial charge in [0.1, 0.15) is 11.6 Å². The van der Waals surface area contributed by atoms with Gasteiger partial charge in [-0.1, -0.05) is 0 Å². The van der Waals surface area contributed by atoms with Crippen molar-refractivity contribution in [1.29, 1.82) is 0 Å². The number of hydrogen-bond acceptors (Lipinski definition) is 2. The second-order valence-corrected chi connectivity index (χ2v) is 5.69. The van der Waals surface area contributed by atoms with Gasteiger partial charge in [0.25, 0.3) is 0 Å². The Hall–Kier alpha value is -2.19. The fourth-order valence-electron chi connectivity index (χ4n) is 2.68. The van der Waals surface area contributed by atoms with Gasteiger partial charge in [-0.2, -0.15) is 13.2 Å². The van der Waals surface area contributed by atoms with E-state index in [0.29, 0.717) is 0 Å². The molecule has 1 atom stereocenters. The van der Waals surface area contributed by atoms with Gasteiger partial charge in [-0.25, -0.2) is 8.78 Å². The number of carbonyl (C=O) groups excluding carboxylic acids is 1. The van der Waals surface area contributed by atoms with Gasteiger partial charge in [0.2, 0.25) is 5.91 Å². The topological polar surface area (TPSA) is 57.6 Å². The van der Waals surface area contributed by atoms with E-state index in [1.165, 1.54) is 0 Å². The lowest BCUT2D eigenvalue weighted by Crippen LogP contribution is -2.47. The Morgan fingerprint density at radius 2 is 1.92 bits per heavy atom. The van der Waals surface area contributed by atoms with Crippen LogP contribution in [-0.4, -0.2) is 41.1 Å². The summed E-state index contributed by atoms with van der Waals surface area (Å²) in [6.45, 7) is -1.33. The molecule has 0 aromatic heterocycles. The van der Waals surface area contributed by atoms with E-state index in [1.54, 1.807) is 0 Å². The number of halogens is 5. The molecule has 1 heterocycles. The van der Waals surface area contributed by atoms with Crippen LogP contribution < -0.4 is 0 Å². The van der Waals surface area contributed by atoms with Gasteiger partial charge in [0.15, 0.2) is 5.41 Å². The zero-order chi connectivity index (χ0) is 18.1. The molecule has 0 radical (unpaired) electrons. The molecule has 1 aromatic carbocycles. The van der Waals surface area contributed by atoms with Crippen molar-refractivity contribution in [2.24, 2.45) is 5.41 Å². The van der Waals surface area contributed by atoms with Gasteiger partial charge >= 0.3 is 12.1 Å². The summed E-state index contributed by atoms with van der Waals surface area (Å²) in [5.74, 6) is -4.17. The Bertz CT molecular complexity index is 661. The molecule has 1 aliphatic rings. The van der Waals surface area contributed by atoms with Crippen LogP contribution in [0.3, 0.4) is 0 Å². The summed E-state index contributed by atoms with van der Waals surface area (Å²) in [4.78, 5) is 23.9. The molecule has 0 aliphatic carbocycles. The minimum Gasteiger partial charge on any atom is -0.481 e. The number of likely N-dealkylation sites (tertiary alicyclic amines) is 1. The largest absolute Gasteiger partial charge is 0.481 e. The van der Waals surface area contributed by atoms with Crippen molar-refractivity contribution in [2.75, 3.05) is 13.1 Å². The highest BCUT2D eigenvalue weighted by molar-refractivity contribution is 5.81. The number of carboxylic acids is 1. The highest BCUT2D eigenvalue weighted by atomic mass is 19.4. The van der Waals surface area contributed by atoms with Crippen molar-refractivity contribution in [2.45, 2.75) is 25.4 Å². The quantitative estimate of drug-likeness (QED) is 0.849. The molecule has 1 saturated heterocycles. The summed E-state index contributed by atoms with van der Waals surface area (Å²) in [6.07, 6.45) is -6.24. The number of nitrogens with zero attached hydrogens (tertiary/aromatic N) is 1. The third-order valence-corrected chi connectivity index (χ3v) is 4.19. The predicted octanol–water partition coefficient (Wildman–Crippen LogP) is 2.76. The van der Waals surface area contributed by atoms with Crippen LogP contribution in [0.5, 0.6) is 0 Å². The Morgan fingerprint density at radius 3 is 2.46 bits per heavy atom. The molecular weight excluding hydrogens is 337 g/mol. The number of hydrogen-bond donors (Lipinski definition) is 1. The van der Waals surface area contributed by atoms with Gasteiger partial charge in [-0.05, 0) is 36.6 Å². The summed E-state index contributed by atoms with van der Waals surface area (Å²) in [5.41, 5.74) is -3.05. The average molecular weight is 351 g/mol. The van der Waals surface area contributed by atoms with Crippen LogP contribution in [-0.2, 0) is 16.0 Å². The molecule has 0 bridgehead atoms. The number of amides is 1. The molecule has 132 valence electrons. The minimum atomic E-state index is -4.98. The Balaban J connectivity index is 2.04. The molecule has 1 unspecified atom stereocenters. The normalized spacial score (nSPS) is 21.1. The third-order valence-electron chi connectivity index (χ3n) is 4.19. The number of aryl methyl sites for hydroxylation is 1. The van der Waals surface area contributed by atoms with Crippen molar-refractivity contribution < 1.29 is 36.6 Å². The van der Waals surface area contributed by atoms with Gasteiger partial charge in [0.05, 0.1) is 0 Å². The fraction of sp³-hybridized carbons (Fsp3) is 0.467. The van der Waals surface area contributed by atoms with Crippen LogP contribution in [0.2, 0.25) is 0 Å². The number of benzene rings is 1. The number of carboxylic acid groups (broad SMARTS) is 1. The average Bonchev–Trinajstić information content (AvgIpc) is 2.94. The lowest BCUT2D eigenvalue weighted by atomic mass is 9.86. The molecule has 24 heavy (non-hydrogen) atoms. The van der Waals surface area contributed by atoms with Crippen LogP contribution in [0.4, 0.5) is 22.0 Å². The Labute approximate surface area is 133 Å². The zero-order valence-corrected chi connectivity index (χ0v) is 12.4. The monoisotopic (exact) mass is 351 g/mol. The first-order valence-corrected chi connectivity index (χ1v) is 7.09. The van der Waals surface area contributed by atoms with Crippen LogP contribution >= 0.6 is 0 Å². The number of alkyl halides is 3. The van der Waals surface area contributed by atoms with Crippen LogP contribution in [0.25, 0.3) is 0 Å². The van der Waals surface area contributed by atoms with Crippen LogP contribution in [0, 0.1) is 17.0 Å². The minimum absolute atomic E-state index is 0.0668. The van der Waals surface area contributed by atoms with E-state index in [4.69, 9.17) is 5.11 Å². The summed E-state index contributed by atoms with van der Waals surface area (Å²) >= 11 is 0. The van der Waals surface area contributed by atoms with Gasteiger partial charge in [-0.15, -0.1) is 0 Å². The van der Waals surface area contributed by atoms with Crippen molar-refractivity contribution >= 4 is 11.9 Å².